The summed E-state index contributed by atoms with van der Waals surface area (Å²) < 4.78 is 50.4. The Bertz CT molecular complexity index is 2910. The molecule has 0 radical (unpaired) electrons. The van der Waals surface area contributed by atoms with Gasteiger partial charge in [-0.1, -0.05) is 42.5 Å². The van der Waals surface area contributed by atoms with E-state index in [2.05, 4.69) is 5.32 Å². The third-order valence-electron chi connectivity index (χ3n) is 15.3. The first-order valence-corrected chi connectivity index (χ1v) is 28.4. The molecule has 0 aromatic heterocycles. The molecule has 6 rings (SSSR count). The van der Waals surface area contributed by atoms with Gasteiger partial charge in [0.25, 0.3) is 11.8 Å². The molecule has 21 nitrogen and oxygen atoms in total. The van der Waals surface area contributed by atoms with Crippen LogP contribution in [-0.2, 0) is 63.8 Å². The molecule has 3 aromatic rings. The highest BCUT2D eigenvalue weighted by Crippen LogP contribution is 2.34. The number of carbonyl (C=O) groups is 9. The lowest BCUT2D eigenvalue weighted by Crippen LogP contribution is -2.58. The van der Waals surface area contributed by atoms with Crippen molar-refractivity contribution >= 4 is 53.2 Å². The van der Waals surface area contributed by atoms with Gasteiger partial charge in [0, 0.05) is 52.9 Å². The number of nitrogens with one attached hydrogen (secondary N) is 1. The van der Waals surface area contributed by atoms with E-state index >= 15 is 4.39 Å². The number of methoxy groups -OCH3 is 2. The van der Waals surface area contributed by atoms with Crippen molar-refractivity contribution in [2.45, 2.75) is 135 Å². The van der Waals surface area contributed by atoms with Gasteiger partial charge in [0.15, 0.2) is 18.1 Å². The summed E-state index contributed by atoms with van der Waals surface area (Å²) in [5, 5.41) is 2.79. The highest BCUT2D eigenvalue weighted by molar-refractivity contribution is 6.38. The Kier molecular flexibility index (Phi) is 22.6. The molecule has 3 heterocycles. The smallest absolute Gasteiger partial charge is 0.330 e. The number of aryl methyl sites for hydroxylation is 1. The fourth-order valence-electron chi connectivity index (χ4n) is 10.1. The topological polar surface area (TPSA) is 237 Å². The highest BCUT2D eigenvalue weighted by atomic mass is 19.1. The first-order valence-electron chi connectivity index (χ1n) is 28.4. The van der Waals surface area contributed by atoms with Gasteiger partial charge in [-0.05, 0) is 134 Å². The van der Waals surface area contributed by atoms with Gasteiger partial charge in [0.1, 0.15) is 54.5 Å². The molecule has 6 atom stereocenters. The zero-order chi connectivity index (χ0) is 61.6. The zero-order valence-corrected chi connectivity index (χ0v) is 50.1. The van der Waals surface area contributed by atoms with Gasteiger partial charge >= 0.3 is 11.9 Å². The molecule has 0 saturated carbocycles. The van der Waals surface area contributed by atoms with Crippen LogP contribution < -0.4 is 19.5 Å². The number of hydrogen-bond acceptors (Lipinski definition) is 15. The predicted molar refractivity (Wildman–Crippen MR) is 306 cm³/mol. The molecule has 3 aliphatic rings. The van der Waals surface area contributed by atoms with E-state index in [1.807, 2.05) is 0 Å². The molecular weight excluding hydrogens is 1090 g/mol. The maximum absolute atomic E-state index is 15.8. The van der Waals surface area contributed by atoms with Crippen LogP contribution in [-0.4, -0.2) is 182 Å². The monoisotopic (exact) mass is 1170 g/mol. The van der Waals surface area contributed by atoms with Gasteiger partial charge < -0.3 is 58.2 Å². The summed E-state index contributed by atoms with van der Waals surface area (Å²) in [6.07, 6.45) is 3.98. The number of fused-ring (bicyclic) bond motifs is 4. The first-order chi connectivity index (χ1) is 39.7. The maximum Gasteiger partial charge on any atom is 0.330 e. The van der Waals surface area contributed by atoms with E-state index in [-0.39, 0.29) is 69.1 Å². The van der Waals surface area contributed by atoms with Crippen LogP contribution in [0.15, 0.2) is 78.9 Å². The highest BCUT2D eigenvalue weighted by Gasteiger charge is 2.45. The molecule has 0 unspecified atom stereocenters. The number of amides is 6. The summed E-state index contributed by atoms with van der Waals surface area (Å²) in [5.41, 5.74) is -1.04. The number of carbonyl (C=O) groups excluding carboxylic acids is 9. The van der Waals surface area contributed by atoms with Crippen LogP contribution in [0.4, 0.5) is 4.39 Å². The second-order valence-corrected chi connectivity index (χ2v) is 23.1. The lowest BCUT2D eigenvalue weighted by molar-refractivity contribution is -0.165. The molecule has 2 saturated heterocycles. The van der Waals surface area contributed by atoms with Crippen molar-refractivity contribution in [2.75, 3.05) is 74.8 Å². The van der Waals surface area contributed by atoms with Crippen LogP contribution in [0.2, 0.25) is 0 Å². The molecule has 456 valence electrons. The van der Waals surface area contributed by atoms with E-state index < -0.39 is 114 Å². The molecule has 22 heteroatoms. The van der Waals surface area contributed by atoms with Crippen molar-refractivity contribution in [3.63, 3.8) is 0 Å². The minimum Gasteiger partial charge on any atom is -0.493 e. The third-order valence-corrected chi connectivity index (χ3v) is 15.3. The number of halogens is 1. The van der Waals surface area contributed by atoms with E-state index in [1.165, 1.54) is 75.9 Å². The summed E-state index contributed by atoms with van der Waals surface area (Å²) in [5.74, 6) is -6.62. The summed E-state index contributed by atoms with van der Waals surface area (Å²) in [7, 11) is 7.34. The lowest BCUT2D eigenvalue weighted by atomic mass is 9.87. The minimum atomic E-state index is -1.54. The van der Waals surface area contributed by atoms with Crippen LogP contribution in [0.5, 0.6) is 17.2 Å². The number of hydrogen-bond donors (Lipinski definition) is 1. The van der Waals surface area contributed by atoms with Crippen molar-refractivity contribution in [1.29, 1.82) is 0 Å². The number of esters is 2. The molecule has 2 bridgehead atoms. The Morgan fingerprint density at radius 1 is 0.738 bits per heavy atom. The first kappa shape index (κ1) is 65.3. The van der Waals surface area contributed by atoms with Crippen molar-refractivity contribution in [3.05, 3.63) is 101 Å². The second-order valence-electron chi connectivity index (χ2n) is 23.1. The van der Waals surface area contributed by atoms with Crippen LogP contribution in [0, 0.1) is 11.2 Å². The van der Waals surface area contributed by atoms with Gasteiger partial charge in [-0.25, -0.2) is 14.0 Å². The number of piperidine rings is 1. The van der Waals surface area contributed by atoms with E-state index in [9.17, 15) is 43.2 Å². The summed E-state index contributed by atoms with van der Waals surface area (Å²) in [4.78, 5) is 134. The lowest BCUT2D eigenvalue weighted by Gasteiger charge is -2.37. The van der Waals surface area contributed by atoms with Crippen molar-refractivity contribution in [1.82, 2.24) is 29.8 Å². The molecular formula is C62H81FN6O15. The molecule has 0 spiro atoms. The largest absolute Gasteiger partial charge is 0.493 e. The van der Waals surface area contributed by atoms with Crippen LogP contribution in [0.1, 0.15) is 115 Å². The fourth-order valence-corrected chi connectivity index (χ4v) is 10.1. The maximum atomic E-state index is 15.8. The Morgan fingerprint density at radius 3 is 2.12 bits per heavy atom. The van der Waals surface area contributed by atoms with Crippen LogP contribution in [0.25, 0.3) is 0 Å². The van der Waals surface area contributed by atoms with Gasteiger partial charge in [0.2, 0.25) is 29.4 Å². The quantitative estimate of drug-likeness (QED) is 0.210. The Morgan fingerprint density at radius 2 is 1.43 bits per heavy atom. The van der Waals surface area contributed by atoms with Gasteiger partial charge in [-0.3, -0.25) is 33.6 Å². The van der Waals surface area contributed by atoms with Gasteiger partial charge in [-0.15, -0.1) is 0 Å². The van der Waals surface area contributed by atoms with E-state index in [0.29, 0.717) is 42.7 Å². The molecule has 0 aliphatic carbocycles. The van der Waals surface area contributed by atoms with Gasteiger partial charge in [0.05, 0.1) is 31.8 Å². The number of ketones is 1. The molecule has 2 fully saturated rings. The van der Waals surface area contributed by atoms with Crippen LogP contribution in [0.3, 0.4) is 0 Å². The second kappa shape index (κ2) is 29.1. The number of likely N-dealkylation sites (N-methyl/N-ethyl adjacent to an activating group) is 3. The van der Waals surface area contributed by atoms with E-state index in [1.54, 1.807) is 76.3 Å². The van der Waals surface area contributed by atoms with Crippen molar-refractivity contribution < 1.29 is 76.0 Å². The number of nitrogens with zero attached hydrogens (tertiary/aromatic N) is 5. The van der Waals surface area contributed by atoms with E-state index in [0.717, 1.165) is 33.6 Å². The average Bonchev–Trinajstić information content (AvgIpc) is 3.27. The molecule has 3 aliphatic heterocycles. The normalized spacial score (nSPS) is 23.7. The van der Waals surface area contributed by atoms with E-state index in [4.69, 9.17) is 28.4 Å². The Balaban J connectivity index is 1.34. The molecule has 3 aromatic carbocycles. The standard InChI is InChI=1S/C62H81FN6O15/c1-39-55(73)64-53(41-20-13-12-14-21-41)58(76)67(9)47(36-83-61(2,3)4)57(75)68-31-19-23-45(68)56(74)65(7)29-17-16-24-52(71)82-38-62(5,6)54(72)59(77)69-30-18-15-22-46(69)60(78)84-48(27-25-40-26-28-49(79-10)50(32-40)80-11)42-33-43(63)35-44(34-42)81-37-51(70)66(39)8/h12-14,16,20-21,24,26,28,32-35,39,45-48,53H,15,17-19,22-23,25,27,29-31,36-38H2,1-11H3,(H,64,73)/t39-,45-,46-,47-,48+,53-/m0/s1. The number of rotatable bonds is 8. The number of ether oxygens (including phenoxy) is 6. The number of benzene rings is 3. The van der Waals surface area contributed by atoms with Crippen molar-refractivity contribution in [2.24, 2.45) is 5.41 Å². The third kappa shape index (κ3) is 16.9. The number of cyclic esters (lactones) is 2. The van der Waals surface area contributed by atoms with Gasteiger partial charge in [-0.2, -0.15) is 0 Å². The molecule has 1 N–H and O–H groups in total. The zero-order valence-electron chi connectivity index (χ0n) is 50.1. The Hall–Kier alpha value is -7.88. The SMILES string of the molecule is COc1ccc(CC[C@H]2OC(=O)[C@@H]3CCCCN3C(=O)C(=O)C(C)(C)COC(=O)C=CCCN(C)C(=O)[C@@H]3CCCN3C(=O)[C@H](COC(C)(C)C)N(C)C(=O)[C@H](c3ccccc3)NC(=O)[C@H](C)N(C)C(=O)COc3cc(F)cc2c3)cc1OC. The predicted octanol–water partition coefficient (Wildman–Crippen LogP) is 5.71. The summed E-state index contributed by atoms with van der Waals surface area (Å²) >= 11 is 0. The summed E-state index contributed by atoms with van der Waals surface area (Å²) in [6, 6.07) is 11.2. The average molecular weight is 1170 g/mol. The molecule has 84 heavy (non-hydrogen) atoms. The van der Waals surface area contributed by atoms with Crippen molar-refractivity contribution in [3.8, 4) is 17.2 Å². The Labute approximate surface area is 491 Å². The van der Waals surface area contributed by atoms with Crippen LogP contribution >= 0.6 is 0 Å². The number of Topliss-reactive ketones (excluding diaryl/α,β-unsaturated/α-hetero) is 1. The fraction of sp³-hybridized carbons (Fsp3) is 0.532. The minimum absolute atomic E-state index is 0.0436. The summed E-state index contributed by atoms with van der Waals surface area (Å²) in [6.45, 7) is 8.67. The molecule has 6 amide bonds.